The molecule has 3 aromatic rings. The van der Waals surface area contributed by atoms with Gasteiger partial charge in [0.15, 0.2) is 16.5 Å². The molecule has 1 amide bonds. The normalized spacial score (nSPS) is 19.8. The highest BCUT2D eigenvalue weighted by atomic mass is 32.1. The summed E-state index contributed by atoms with van der Waals surface area (Å²) < 4.78 is 20.4. The number of amides is 1. The Balaban J connectivity index is 1.54. The average molecular weight is 456 g/mol. The molecule has 0 saturated carbocycles. The van der Waals surface area contributed by atoms with Crippen molar-refractivity contribution in [2.45, 2.75) is 31.8 Å². The Morgan fingerprint density at radius 3 is 2.69 bits per heavy atom. The summed E-state index contributed by atoms with van der Waals surface area (Å²) in [4.78, 5) is 27.8. The summed E-state index contributed by atoms with van der Waals surface area (Å²) in [6, 6.07) is 5.77. The van der Waals surface area contributed by atoms with Gasteiger partial charge in [-0.2, -0.15) is 0 Å². The zero-order chi connectivity index (χ0) is 22.4. The minimum absolute atomic E-state index is 0.00463. The number of ether oxygens (including phenoxy) is 1. The molecule has 0 bridgehead atoms. The van der Waals surface area contributed by atoms with Crippen molar-refractivity contribution in [2.24, 2.45) is 0 Å². The molecule has 8 nitrogen and oxygen atoms in total. The number of nitrogens with zero attached hydrogens (tertiary/aromatic N) is 4. The molecule has 0 aliphatic carbocycles. The van der Waals surface area contributed by atoms with Crippen molar-refractivity contribution in [1.29, 1.82) is 0 Å². The quantitative estimate of drug-likeness (QED) is 0.634. The molecule has 32 heavy (non-hydrogen) atoms. The molecule has 0 radical (unpaired) electrons. The maximum absolute atomic E-state index is 13.1. The van der Waals surface area contributed by atoms with Gasteiger partial charge >= 0.3 is 0 Å². The number of hydrogen-bond acceptors (Lipinski definition) is 7. The van der Waals surface area contributed by atoms with E-state index in [-0.39, 0.29) is 35.1 Å². The Morgan fingerprint density at radius 1 is 1.19 bits per heavy atom. The maximum atomic E-state index is 13.1. The Bertz CT molecular complexity index is 1240. The summed E-state index contributed by atoms with van der Waals surface area (Å²) in [6.45, 7) is 3.31. The fourth-order valence-electron chi connectivity index (χ4n) is 4.35. The Kier molecular flexibility index (Phi) is 5.26. The summed E-state index contributed by atoms with van der Waals surface area (Å²) in [5.41, 5.74) is 0.404. The molecule has 2 atom stereocenters. The van der Waals surface area contributed by atoms with Gasteiger partial charge in [0.25, 0.3) is 5.91 Å². The van der Waals surface area contributed by atoms with Crippen molar-refractivity contribution in [2.75, 3.05) is 19.8 Å². The van der Waals surface area contributed by atoms with Crippen LogP contribution in [0.2, 0.25) is 0 Å². The molecule has 4 heterocycles. The van der Waals surface area contributed by atoms with Crippen molar-refractivity contribution < 1.29 is 19.0 Å². The number of hydrogen-bond donors (Lipinski definition) is 1. The number of fused-ring (bicyclic) bond motifs is 3. The highest BCUT2D eigenvalue weighted by molar-refractivity contribution is 7.14. The van der Waals surface area contributed by atoms with Crippen molar-refractivity contribution in [3.05, 3.63) is 62.8 Å². The molecule has 166 valence electrons. The van der Waals surface area contributed by atoms with Gasteiger partial charge in [0.05, 0.1) is 30.9 Å². The molecule has 1 N–H and O–H groups in total. The van der Waals surface area contributed by atoms with E-state index in [1.807, 2.05) is 6.92 Å². The second kappa shape index (κ2) is 8.10. The van der Waals surface area contributed by atoms with Gasteiger partial charge in [-0.1, -0.05) is 30.4 Å². The number of pyridine rings is 1. The van der Waals surface area contributed by atoms with Crippen LogP contribution in [0.3, 0.4) is 0 Å². The van der Waals surface area contributed by atoms with Gasteiger partial charge in [0.1, 0.15) is 10.8 Å². The zero-order valence-corrected chi connectivity index (χ0v) is 18.1. The van der Waals surface area contributed by atoms with Crippen molar-refractivity contribution in [3.63, 3.8) is 0 Å². The first-order valence-electron chi connectivity index (χ1n) is 10.4. The fourth-order valence-corrected chi connectivity index (χ4v) is 5.23. The van der Waals surface area contributed by atoms with Crippen molar-refractivity contribution >= 4 is 17.2 Å². The highest BCUT2D eigenvalue weighted by Gasteiger charge is 2.44. The lowest BCUT2D eigenvalue weighted by Crippen LogP contribution is -2.51. The predicted octanol–water partition coefficient (Wildman–Crippen LogP) is 2.61. The van der Waals surface area contributed by atoms with E-state index in [0.717, 1.165) is 12.0 Å². The van der Waals surface area contributed by atoms with E-state index in [1.54, 1.807) is 27.8 Å². The maximum Gasteiger partial charge on any atom is 0.274 e. The number of carbonyl (C=O) groups is 1. The van der Waals surface area contributed by atoms with Gasteiger partial charge in [-0.3, -0.25) is 9.59 Å². The Hall–Kier alpha value is -3.11. The van der Waals surface area contributed by atoms with Crippen LogP contribution in [-0.4, -0.2) is 56.5 Å². The predicted molar refractivity (Wildman–Crippen MR) is 115 cm³/mol. The SMILES string of the molecule is CCCN1C(=O)c2c(O)c(=O)c(-c3nnc(Cc4ccc(F)cc4)s3)cn2C2COCC21. The van der Waals surface area contributed by atoms with E-state index < -0.39 is 11.2 Å². The highest BCUT2D eigenvalue weighted by Crippen LogP contribution is 2.36. The van der Waals surface area contributed by atoms with E-state index in [1.165, 1.54) is 23.5 Å². The summed E-state index contributed by atoms with van der Waals surface area (Å²) in [5, 5.41) is 20.0. The number of aromatic hydroxyl groups is 1. The molecular weight excluding hydrogens is 435 g/mol. The number of benzene rings is 1. The summed E-state index contributed by atoms with van der Waals surface area (Å²) in [7, 11) is 0. The van der Waals surface area contributed by atoms with Gasteiger partial charge in [-0.05, 0) is 24.1 Å². The number of halogens is 1. The van der Waals surface area contributed by atoms with E-state index in [0.29, 0.717) is 36.2 Å². The lowest BCUT2D eigenvalue weighted by molar-refractivity contribution is 0.0556. The fraction of sp³-hybridized carbons (Fsp3) is 0.364. The number of aromatic nitrogens is 3. The third-order valence-electron chi connectivity index (χ3n) is 5.88. The van der Waals surface area contributed by atoms with E-state index in [9.17, 15) is 19.1 Å². The van der Waals surface area contributed by atoms with Gasteiger partial charge in [0.2, 0.25) is 5.43 Å². The third-order valence-corrected chi connectivity index (χ3v) is 6.84. The van der Waals surface area contributed by atoms with Crippen molar-refractivity contribution in [1.82, 2.24) is 19.7 Å². The van der Waals surface area contributed by atoms with Crippen LogP contribution in [0.25, 0.3) is 10.6 Å². The van der Waals surface area contributed by atoms with E-state index >= 15 is 0 Å². The van der Waals surface area contributed by atoms with Crippen LogP contribution < -0.4 is 5.43 Å². The monoisotopic (exact) mass is 456 g/mol. The second-order valence-electron chi connectivity index (χ2n) is 7.95. The van der Waals surface area contributed by atoms with Crippen LogP contribution >= 0.6 is 11.3 Å². The molecule has 1 aromatic carbocycles. The van der Waals surface area contributed by atoms with Crippen LogP contribution in [0, 0.1) is 5.82 Å². The molecule has 2 unspecified atom stereocenters. The van der Waals surface area contributed by atoms with E-state index in [4.69, 9.17) is 4.74 Å². The molecule has 2 aliphatic rings. The lowest BCUT2D eigenvalue weighted by Gasteiger charge is -2.39. The molecule has 2 aromatic heterocycles. The van der Waals surface area contributed by atoms with E-state index in [2.05, 4.69) is 10.2 Å². The topological polar surface area (TPSA) is 97.5 Å². The number of rotatable bonds is 5. The Labute approximate surface area is 186 Å². The van der Waals surface area contributed by atoms with Crippen LogP contribution in [0.1, 0.15) is 40.4 Å². The second-order valence-corrected chi connectivity index (χ2v) is 9.01. The summed E-state index contributed by atoms with van der Waals surface area (Å²) >= 11 is 1.23. The molecule has 2 aliphatic heterocycles. The van der Waals surface area contributed by atoms with Gasteiger partial charge < -0.3 is 19.3 Å². The smallest absolute Gasteiger partial charge is 0.274 e. The van der Waals surface area contributed by atoms with Crippen LogP contribution in [-0.2, 0) is 11.2 Å². The Morgan fingerprint density at radius 2 is 1.94 bits per heavy atom. The molecule has 5 rings (SSSR count). The first-order chi connectivity index (χ1) is 15.5. The first-order valence-corrected chi connectivity index (χ1v) is 11.2. The first kappa shape index (κ1) is 20.8. The zero-order valence-electron chi connectivity index (χ0n) is 17.3. The molecule has 10 heteroatoms. The van der Waals surface area contributed by atoms with Crippen LogP contribution in [0.15, 0.2) is 35.3 Å². The minimum Gasteiger partial charge on any atom is -0.503 e. The van der Waals surface area contributed by atoms with Crippen LogP contribution in [0.4, 0.5) is 4.39 Å². The van der Waals surface area contributed by atoms with Gasteiger partial charge in [-0.25, -0.2) is 4.39 Å². The number of carbonyl (C=O) groups excluding carboxylic acids is 1. The molecule has 0 spiro atoms. The van der Waals surface area contributed by atoms with Crippen molar-refractivity contribution in [3.8, 4) is 16.3 Å². The van der Waals surface area contributed by atoms with Crippen LogP contribution in [0.5, 0.6) is 5.75 Å². The van der Waals surface area contributed by atoms with Gasteiger partial charge in [-0.15, -0.1) is 10.2 Å². The third kappa shape index (κ3) is 3.39. The summed E-state index contributed by atoms with van der Waals surface area (Å²) in [6.07, 6.45) is 2.80. The lowest BCUT2D eigenvalue weighted by atomic mass is 10.0. The molecule has 1 saturated heterocycles. The standard InChI is InChI=1S/C22H21FN4O4S/c1-2-7-26-15-10-31-11-16(15)27-9-14(19(28)20(29)18(27)22(26)30)21-25-24-17(32-21)8-12-3-5-13(23)6-4-12/h3-6,9,15-16,29H,2,7-8,10-11H2,1H3. The summed E-state index contributed by atoms with van der Waals surface area (Å²) in [5.74, 6) is -1.26. The molecule has 1 fully saturated rings. The minimum atomic E-state index is -0.650. The van der Waals surface area contributed by atoms with Gasteiger partial charge in [0, 0.05) is 19.2 Å². The molecular formula is C22H21FN4O4S. The average Bonchev–Trinajstić information content (AvgIpc) is 3.45. The largest absolute Gasteiger partial charge is 0.503 e.